The van der Waals surface area contributed by atoms with Crippen LogP contribution in [0.5, 0.6) is 0 Å². The predicted molar refractivity (Wildman–Crippen MR) is 65.1 cm³/mol. The summed E-state index contributed by atoms with van der Waals surface area (Å²) in [6, 6.07) is 8.58. The van der Waals surface area contributed by atoms with Crippen LogP contribution >= 0.6 is 0 Å². The first-order valence-electron chi connectivity index (χ1n) is 5.36. The van der Waals surface area contributed by atoms with Gasteiger partial charge in [-0.2, -0.15) is 0 Å². The van der Waals surface area contributed by atoms with Crippen molar-refractivity contribution in [2.45, 2.75) is 25.8 Å². The highest BCUT2D eigenvalue weighted by atomic mass is 14.9. The number of likely N-dealkylation sites (N-methyl/N-ethyl adjacent to an activating group) is 1. The molecule has 2 rings (SSSR count). The molecule has 0 aliphatic carbocycles. The van der Waals surface area contributed by atoms with E-state index >= 15 is 0 Å². The van der Waals surface area contributed by atoms with Crippen molar-refractivity contribution in [1.82, 2.24) is 10.3 Å². The molecule has 1 heterocycles. The van der Waals surface area contributed by atoms with Crippen LogP contribution in [-0.4, -0.2) is 17.6 Å². The number of H-pyrrole nitrogens is 1. The SMILES string of the molecule is CNC(C)(C)Cc1cccc2[nH]ccc12. The summed E-state index contributed by atoms with van der Waals surface area (Å²) in [5, 5.41) is 4.67. The van der Waals surface area contributed by atoms with Crippen molar-refractivity contribution in [2.75, 3.05) is 7.05 Å². The fourth-order valence-electron chi connectivity index (χ4n) is 1.87. The summed E-state index contributed by atoms with van der Waals surface area (Å²) < 4.78 is 0. The maximum Gasteiger partial charge on any atom is 0.0456 e. The quantitative estimate of drug-likeness (QED) is 0.787. The van der Waals surface area contributed by atoms with E-state index in [9.17, 15) is 0 Å². The van der Waals surface area contributed by atoms with Crippen molar-refractivity contribution in [1.29, 1.82) is 0 Å². The molecule has 1 aromatic carbocycles. The highest BCUT2D eigenvalue weighted by Crippen LogP contribution is 2.21. The van der Waals surface area contributed by atoms with Gasteiger partial charge in [0.1, 0.15) is 0 Å². The lowest BCUT2D eigenvalue weighted by molar-refractivity contribution is 0.423. The molecule has 0 atom stereocenters. The third-order valence-corrected chi connectivity index (χ3v) is 2.99. The summed E-state index contributed by atoms with van der Waals surface area (Å²) in [4.78, 5) is 3.24. The molecule has 0 aliphatic heterocycles. The smallest absolute Gasteiger partial charge is 0.0456 e. The number of aromatic nitrogens is 1. The second-order valence-electron chi connectivity index (χ2n) is 4.67. The molecular weight excluding hydrogens is 184 g/mol. The first kappa shape index (κ1) is 10.2. The number of hydrogen-bond donors (Lipinski definition) is 2. The Hall–Kier alpha value is -1.28. The van der Waals surface area contributed by atoms with E-state index in [0.29, 0.717) is 0 Å². The van der Waals surface area contributed by atoms with E-state index in [1.54, 1.807) is 0 Å². The molecule has 2 aromatic rings. The van der Waals surface area contributed by atoms with Gasteiger partial charge in [-0.3, -0.25) is 0 Å². The molecule has 0 amide bonds. The van der Waals surface area contributed by atoms with Crippen LogP contribution in [0.1, 0.15) is 19.4 Å². The summed E-state index contributed by atoms with van der Waals surface area (Å²) in [5.74, 6) is 0. The van der Waals surface area contributed by atoms with Crippen LogP contribution in [-0.2, 0) is 6.42 Å². The third kappa shape index (κ3) is 2.05. The van der Waals surface area contributed by atoms with Gasteiger partial charge in [-0.25, -0.2) is 0 Å². The molecule has 2 N–H and O–H groups in total. The number of nitrogens with one attached hydrogen (secondary N) is 2. The van der Waals surface area contributed by atoms with Gasteiger partial charge in [0, 0.05) is 22.6 Å². The summed E-state index contributed by atoms with van der Waals surface area (Å²) >= 11 is 0. The molecule has 0 bridgehead atoms. The van der Waals surface area contributed by atoms with Crippen molar-refractivity contribution in [2.24, 2.45) is 0 Å². The molecule has 2 heteroatoms. The van der Waals surface area contributed by atoms with Gasteiger partial charge in [-0.1, -0.05) is 12.1 Å². The van der Waals surface area contributed by atoms with Gasteiger partial charge in [0.25, 0.3) is 0 Å². The Morgan fingerprint density at radius 2 is 2.07 bits per heavy atom. The standard InChI is InChI=1S/C13H18N2/c1-13(2,14-3)9-10-5-4-6-12-11(10)7-8-15-12/h4-8,14-15H,9H2,1-3H3. The van der Waals surface area contributed by atoms with Gasteiger partial charge < -0.3 is 10.3 Å². The lowest BCUT2D eigenvalue weighted by Gasteiger charge is -2.24. The molecule has 0 aliphatic rings. The molecule has 0 saturated carbocycles. The zero-order valence-electron chi connectivity index (χ0n) is 9.59. The van der Waals surface area contributed by atoms with Crippen molar-refractivity contribution in [3.63, 3.8) is 0 Å². The molecule has 0 spiro atoms. The molecule has 0 unspecified atom stereocenters. The lowest BCUT2D eigenvalue weighted by atomic mass is 9.93. The van der Waals surface area contributed by atoms with Crippen molar-refractivity contribution >= 4 is 10.9 Å². The van der Waals surface area contributed by atoms with Crippen molar-refractivity contribution < 1.29 is 0 Å². The lowest BCUT2D eigenvalue weighted by Crippen LogP contribution is -2.38. The minimum absolute atomic E-state index is 0.144. The number of rotatable bonds is 3. The van der Waals surface area contributed by atoms with Gasteiger partial charge in [0.15, 0.2) is 0 Å². The van der Waals surface area contributed by atoms with Crippen LogP contribution in [0.2, 0.25) is 0 Å². The highest BCUT2D eigenvalue weighted by Gasteiger charge is 2.16. The first-order valence-corrected chi connectivity index (χ1v) is 5.36. The second-order valence-corrected chi connectivity index (χ2v) is 4.67. The number of fused-ring (bicyclic) bond motifs is 1. The van der Waals surface area contributed by atoms with Crippen LogP contribution in [0.3, 0.4) is 0 Å². The van der Waals surface area contributed by atoms with Crippen molar-refractivity contribution in [3.8, 4) is 0 Å². The Bertz CT molecular complexity index is 454. The fourth-order valence-corrected chi connectivity index (χ4v) is 1.87. The minimum Gasteiger partial charge on any atom is -0.361 e. The van der Waals surface area contributed by atoms with E-state index in [1.807, 2.05) is 13.2 Å². The summed E-state index contributed by atoms with van der Waals surface area (Å²) in [6.45, 7) is 4.44. The highest BCUT2D eigenvalue weighted by molar-refractivity contribution is 5.82. The van der Waals surface area contributed by atoms with Gasteiger partial charge in [-0.05, 0) is 45.0 Å². The average molecular weight is 202 g/mol. The van der Waals surface area contributed by atoms with Crippen LogP contribution in [0, 0.1) is 0 Å². The fraction of sp³-hybridized carbons (Fsp3) is 0.385. The minimum atomic E-state index is 0.144. The molecule has 0 radical (unpaired) electrons. The molecule has 80 valence electrons. The molecule has 0 fully saturated rings. The number of benzene rings is 1. The van der Waals surface area contributed by atoms with Gasteiger partial charge >= 0.3 is 0 Å². The average Bonchev–Trinajstić information content (AvgIpc) is 2.66. The Kier molecular flexibility index (Phi) is 2.53. The first-order chi connectivity index (χ1) is 7.12. The Labute approximate surface area is 90.7 Å². The summed E-state index contributed by atoms with van der Waals surface area (Å²) in [7, 11) is 2.01. The van der Waals surface area contributed by atoms with E-state index < -0.39 is 0 Å². The Morgan fingerprint density at radius 1 is 1.27 bits per heavy atom. The van der Waals surface area contributed by atoms with Gasteiger partial charge in [0.05, 0.1) is 0 Å². The normalized spacial score (nSPS) is 12.2. The zero-order valence-corrected chi connectivity index (χ0v) is 9.59. The molecular formula is C13H18N2. The van der Waals surface area contributed by atoms with Crippen LogP contribution < -0.4 is 5.32 Å². The molecule has 15 heavy (non-hydrogen) atoms. The zero-order chi connectivity index (χ0) is 10.9. The Morgan fingerprint density at radius 3 is 2.80 bits per heavy atom. The second kappa shape index (κ2) is 3.70. The summed E-state index contributed by atoms with van der Waals surface area (Å²) in [5.41, 5.74) is 2.76. The number of aromatic amines is 1. The van der Waals surface area contributed by atoms with E-state index in [0.717, 1.165) is 6.42 Å². The van der Waals surface area contributed by atoms with Crippen LogP contribution in [0.4, 0.5) is 0 Å². The molecule has 0 saturated heterocycles. The maximum absolute atomic E-state index is 3.34. The van der Waals surface area contributed by atoms with E-state index in [4.69, 9.17) is 0 Å². The van der Waals surface area contributed by atoms with E-state index in [-0.39, 0.29) is 5.54 Å². The van der Waals surface area contributed by atoms with Crippen LogP contribution in [0.15, 0.2) is 30.5 Å². The topological polar surface area (TPSA) is 27.8 Å². The molecule has 2 nitrogen and oxygen atoms in total. The maximum atomic E-state index is 3.34. The number of hydrogen-bond acceptors (Lipinski definition) is 1. The van der Waals surface area contributed by atoms with E-state index in [1.165, 1.54) is 16.5 Å². The Balaban J connectivity index is 2.39. The third-order valence-electron chi connectivity index (χ3n) is 2.99. The molecule has 1 aromatic heterocycles. The van der Waals surface area contributed by atoms with Gasteiger partial charge in [-0.15, -0.1) is 0 Å². The van der Waals surface area contributed by atoms with Gasteiger partial charge in [0.2, 0.25) is 0 Å². The van der Waals surface area contributed by atoms with Crippen LogP contribution in [0.25, 0.3) is 10.9 Å². The monoisotopic (exact) mass is 202 g/mol. The van der Waals surface area contributed by atoms with Crippen molar-refractivity contribution in [3.05, 3.63) is 36.0 Å². The summed E-state index contributed by atoms with van der Waals surface area (Å²) in [6.07, 6.45) is 3.04. The predicted octanol–water partition coefficient (Wildman–Crippen LogP) is 2.71. The van der Waals surface area contributed by atoms with E-state index in [2.05, 4.69) is 48.4 Å². The largest absolute Gasteiger partial charge is 0.361 e.